The second kappa shape index (κ2) is 7.91. The van der Waals surface area contributed by atoms with E-state index in [1.807, 2.05) is 48.5 Å². The van der Waals surface area contributed by atoms with E-state index in [0.717, 1.165) is 22.4 Å². The maximum Gasteiger partial charge on any atom is 0.226 e. The Morgan fingerprint density at radius 3 is 2.56 bits per heavy atom. The largest absolute Gasteiger partial charge is 0.493 e. The molecule has 34 heavy (non-hydrogen) atoms. The highest BCUT2D eigenvalue weighted by Crippen LogP contribution is 2.52. The molecular weight excluding hydrogens is 435 g/mol. The van der Waals surface area contributed by atoms with Crippen LogP contribution in [0.3, 0.4) is 0 Å². The van der Waals surface area contributed by atoms with E-state index in [1.165, 1.54) is 12.4 Å². The fourth-order valence-corrected chi connectivity index (χ4v) is 4.79. The normalized spacial score (nSPS) is 18.2. The molecule has 3 heterocycles. The molecule has 8 heteroatoms. The first-order chi connectivity index (χ1) is 16.7. The van der Waals surface area contributed by atoms with Crippen LogP contribution in [0.15, 0.2) is 78.6 Å². The van der Waals surface area contributed by atoms with Crippen molar-refractivity contribution in [1.82, 2.24) is 14.8 Å². The number of nitrogens with one attached hydrogen (secondary N) is 1. The molecule has 0 aliphatic carbocycles. The summed E-state index contributed by atoms with van der Waals surface area (Å²) < 4.78 is 34.8. The summed E-state index contributed by atoms with van der Waals surface area (Å²) in [5.41, 5.74) is 3.71. The van der Waals surface area contributed by atoms with Crippen molar-refractivity contribution in [2.75, 3.05) is 19.5 Å². The van der Waals surface area contributed by atoms with Gasteiger partial charge in [-0.05, 0) is 24.3 Å². The molecule has 7 nitrogen and oxygen atoms in total. The molecule has 170 valence electrons. The van der Waals surface area contributed by atoms with E-state index in [4.69, 9.17) is 14.2 Å². The van der Waals surface area contributed by atoms with Crippen LogP contribution in [-0.4, -0.2) is 29.0 Å². The van der Waals surface area contributed by atoms with E-state index in [1.54, 1.807) is 31.0 Å². The van der Waals surface area contributed by atoms with Gasteiger partial charge in [-0.25, -0.2) is 9.07 Å². The molecule has 0 radical (unpaired) electrons. The number of fused-ring (bicyclic) bond motifs is 3. The van der Waals surface area contributed by atoms with Crippen molar-refractivity contribution in [2.24, 2.45) is 0 Å². The fourth-order valence-electron chi connectivity index (χ4n) is 4.79. The highest BCUT2D eigenvalue weighted by Gasteiger charge is 2.42. The van der Waals surface area contributed by atoms with Gasteiger partial charge >= 0.3 is 0 Å². The van der Waals surface area contributed by atoms with Crippen molar-refractivity contribution in [3.63, 3.8) is 0 Å². The number of ether oxygens (including phenoxy) is 3. The van der Waals surface area contributed by atoms with E-state index in [2.05, 4.69) is 15.4 Å². The van der Waals surface area contributed by atoms with Crippen molar-refractivity contribution in [2.45, 2.75) is 12.1 Å². The van der Waals surface area contributed by atoms with Crippen LogP contribution >= 0.6 is 0 Å². The summed E-state index contributed by atoms with van der Waals surface area (Å²) in [5.74, 6) is 2.03. The molecular formula is C26H21FN4O3. The van der Waals surface area contributed by atoms with Gasteiger partial charge in [0.05, 0.1) is 19.9 Å². The number of nitrogens with zero attached hydrogens (tertiary/aromatic N) is 3. The lowest BCUT2D eigenvalue weighted by molar-refractivity contribution is 0.215. The molecule has 1 aromatic heterocycles. The first-order valence-electron chi connectivity index (χ1n) is 10.8. The molecule has 2 atom stereocenters. The lowest BCUT2D eigenvalue weighted by Crippen LogP contribution is -2.33. The number of para-hydroxylation sites is 2. The highest BCUT2D eigenvalue weighted by atomic mass is 19.1. The molecule has 2 aliphatic heterocycles. The molecule has 0 bridgehead atoms. The number of methoxy groups -OCH3 is 2. The summed E-state index contributed by atoms with van der Waals surface area (Å²) in [4.78, 5) is 4.38. The minimum absolute atomic E-state index is 0.335. The van der Waals surface area contributed by atoms with Gasteiger partial charge in [-0.1, -0.05) is 42.5 Å². The molecule has 0 amide bonds. The van der Waals surface area contributed by atoms with Gasteiger partial charge in [0, 0.05) is 22.3 Å². The molecule has 1 N–H and O–H groups in total. The van der Waals surface area contributed by atoms with Gasteiger partial charge in [-0.15, -0.1) is 0 Å². The van der Waals surface area contributed by atoms with E-state index in [0.29, 0.717) is 28.8 Å². The average molecular weight is 456 g/mol. The van der Waals surface area contributed by atoms with E-state index >= 15 is 4.39 Å². The number of aromatic nitrogens is 3. The number of hydrogen-bond acceptors (Lipinski definition) is 6. The van der Waals surface area contributed by atoms with E-state index < -0.39 is 12.1 Å². The Labute approximate surface area is 195 Å². The minimum Gasteiger partial charge on any atom is -0.493 e. The van der Waals surface area contributed by atoms with Gasteiger partial charge in [-0.3, -0.25) is 0 Å². The monoisotopic (exact) mass is 456 g/mol. The highest BCUT2D eigenvalue weighted by molar-refractivity contribution is 5.85. The van der Waals surface area contributed by atoms with Crippen LogP contribution in [0.1, 0.15) is 28.8 Å². The van der Waals surface area contributed by atoms with Gasteiger partial charge in [0.2, 0.25) is 5.95 Å². The minimum atomic E-state index is -0.607. The van der Waals surface area contributed by atoms with Crippen molar-refractivity contribution in [3.05, 3.63) is 101 Å². The second-order valence-electron chi connectivity index (χ2n) is 7.98. The van der Waals surface area contributed by atoms with Gasteiger partial charge in [0.15, 0.2) is 17.6 Å². The van der Waals surface area contributed by atoms with Gasteiger partial charge in [-0.2, -0.15) is 10.1 Å². The standard InChI is InChI=1S/C26H21FN4O3/c1-32-20-13-7-10-17(24(20)33-2)25-21-22(16-9-4-6-12-19(16)34-25)30-26-28-14-29-31(26)23(21)15-8-3-5-11-18(15)27/h3-14,23,25H,1-2H3,(H,28,29,30)/t23-,25+/m1/s1. The molecule has 2 aliphatic rings. The average Bonchev–Trinajstić information content (AvgIpc) is 3.35. The molecule has 0 saturated heterocycles. The zero-order valence-electron chi connectivity index (χ0n) is 18.5. The van der Waals surface area contributed by atoms with Crippen LogP contribution in [0.4, 0.5) is 10.3 Å². The summed E-state index contributed by atoms with van der Waals surface area (Å²) in [6, 6.07) is 19.5. The lowest BCUT2D eigenvalue weighted by Gasteiger charge is -2.39. The van der Waals surface area contributed by atoms with Gasteiger partial charge < -0.3 is 19.5 Å². The second-order valence-corrected chi connectivity index (χ2v) is 7.98. The predicted octanol–water partition coefficient (Wildman–Crippen LogP) is 4.99. The first-order valence-corrected chi connectivity index (χ1v) is 10.8. The molecule has 0 unspecified atom stereocenters. The number of rotatable bonds is 4. The van der Waals surface area contributed by atoms with E-state index in [9.17, 15) is 0 Å². The number of halogens is 1. The number of anilines is 1. The van der Waals surface area contributed by atoms with Crippen LogP contribution in [0, 0.1) is 5.82 Å². The topological polar surface area (TPSA) is 70.4 Å². The Balaban J connectivity index is 1.66. The van der Waals surface area contributed by atoms with Crippen molar-refractivity contribution in [3.8, 4) is 17.2 Å². The summed E-state index contributed by atoms with van der Waals surface area (Å²) in [7, 11) is 3.19. The Hall–Kier alpha value is -4.33. The van der Waals surface area contributed by atoms with Crippen LogP contribution < -0.4 is 19.5 Å². The Morgan fingerprint density at radius 1 is 0.941 bits per heavy atom. The predicted molar refractivity (Wildman–Crippen MR) is 124 cm³/mol. The maximum absolute atomic E-state index is 15.2. The lowest BCUT2D eigenvalue weighted by atomic mass is 9.84. The van der Waals surface area contributed by atoms with Crippen molar-refractivity contribution in [1.29, 1.82) is 0 Å². The van der Waals surface area contributed by atoms with E-state index in [-0.39, 0.29) is 5.82 Å². The fraction of sp³-hybridized carbons (Fsp3) is 0.154. The summed E-state index contributed by atoms with van der Waals surface area (Å²) >= 11 is 0. The molecule has 6 rings (SSSR count). The zero-order valence-corrected chi connectivity index (χ0v) is 18.5. The molecule has 0 fully saturated rings. The third-order valence-corrected chi connectivity index (χ3v) is 6.24. The molecule has 4 aromatic rings. The van der Waals surface area contributed by atoms with Crippen LogP contribution in [-0.2, 0) is 0 Å². The Kier molecular flexibility index (Phi) is 4.72. The Bertz CT molecular complexity index is 1430. The summed E-state index contributed by atoms with van der Waals surface area (Å²) in [6.45, 7) is 0. The SMILES string of the molecule is COc1cccc([C@@H]2Oc3ccccc3C3=C2[C@@H](c2ccccc2F)n2ncnc2N3)c1OC. The quantitative estimate of drug-likeness (QED) is 0.466. The zero-order chi connectivity index (χ0) is 23.2. The number of benzene rings is 3. The van der Waals surface area contributed by atoms with Crippen LogP contribution in [0.2, 0.25) is 0 Å². The van der Waals surface area contributed by atoms with Gasteiger partial charge in [0.1, 0.15) is 23.9 Å². The molecule has 0 saturated carbocycles. The van der Waals surface area contributed by atoms with Crippen LogP contribution in [0.5, 0.6) is 17.2 Å². The maximum atomic E-state index is 15.2. The molecule has 0 spiro atoms. The third kappa shape index (κ3) is 2.95. The van der Waals surface area contributed by atoms with Gasteiger partial charge in [0.25, 0.3) is 0 Å². The number of hydrogen-bond donors (Lipinski definition) is 1. The summed E-state index contributed by atoms with van der Waals surface area (Å²) in [5, 5.41) is 7.85. The van der Waals surface area contributed by atoms with Crippen LogP contribution in [0.25, 0.3) is 5.70 Å². The van der Waals surface area contributed by atoms with Crippen molar-refractivity contribution >= 4 is 11.6 Å². The van der Waals surface area contributed by atoms with Crippen molar-refractivity contribution < 1.29 is 18.6 Å². The molecule has 3 aromatic carbocycles. The summed E-state index contributed by atoms with van der Waals surface area (Å²) in [6.07, 6.45) is 0.854. The Morgan fingerprint density at radius 2 is 1.74 bits per heavy atom. The first kappa shape index (κ1) is 20.3. The smallest absolute Gasteiger partial charge is 0.226 e. The third-order valence-electron chi connectivity index (χ3n) is 6.24.